The van der Waals surface area contributed by atoms with E-state index >= 15 is 0 Å². The molecule has 0 fully saturated rings. The Bertz CT molecular complexity index is 575. The molecule has 1 heterocycles. The van der Waals surface area contributed by atoms with Crippen molar-refractivity contribution >= 4 is 11.4 Å². The molecule has 2 rings (SSSR count). The zero-order valence-electron chi connectivity index (χ0n) is 11.0. The highest BCUT2D eigenvalue weighted by atomic mass is 16.6. The number of aryl methyl sites for hydroxylation is 2. The van der Waals surface area contributed by atoms with Gasteiger partial charge in [-0.05, 0) is 18.9 Å². The molecule has 0 amide bonds. The molecule has 0 radical (unpaired) electrons. The Labute approximate surface area is 111 Å². The monoisotopic (exact) mass is 260 g/mol. The molecule has 0 unspecified atom stereocenters. The van der Waals surface area contributed by atoms with E-state index in [-0.39, 0.29) is 10.6 Å². The molecule has 1 aromatic carbocycles. The van der Waals surface area contributed by atoms with Crippen LogP contribution in [0.5, 0.6) is 0 Å². The Morgan fingerprint density at radius 2 is 2.05 bits per heavy atom. The second-order valence-corrected chi connectivity index (χ2v) is 4.40. The lowest BCUT2D eigenvalue weighted by atomic mass is 10.1. The molecule has 0 saturated heterocycles. The van der Waals surface area contributed by atoms with Crippen molar-refractivity contribution in [3.63, 3.8) is 0 Å². The third kappa shape index (κ3) is 3.31. The Hall–Kier alpha value is -2.37. The highest BCUT2D eigenvalue weighted by Crippen LogP contribution is 2.14. The maximum Gasteiger partial charge on any atom is 0.269 e. The maximum atomic E-state index is 10.5. The number of nitro groups is 1. The van der Waals surface area contributed by atoms with Gasteiger partial charge < -0.3 is 5.32 Å². The van der Waals surface area contributed by atoms with Gasteiger partial charge in [0.25, 0.3) is 5.69 Å². The fourth-order valence-electron chi connectivity index (χ4n) is 1.90. The van der Waals surface area contributed by atoms with Crippen molar-refractivity contribution in [2.24, 2.45) is 7.05 Å². The SMILES string of the molecule is Cc1nn(C)cc1NCCc1ccc([N+](=O)[O-])cc1. The number of anilines is 1. The molecule has 6 nitrogen and oxygen atoms in total. The van der Waals surface area contributed by atoms with Crippen molar-refractivity contribution in [3.8, 4) is 0 Å². The van der Waals surface area contributed by atoms with Gasteiger partial charge in [0.05, 0.1) is 16.3 Å². The molecule has 0 aliphatic rings. The first-order valence-electron chi connectivity index (χ1n) is 6.03. The lowest BCUT2D eigenvalue weighted by Crippen LogP contribution is -2.05. The van der Waals surface area contributed by atoms with Crippen molar-refractivity contribution in [1.82, 2.24) is 9.78 Å². The molecule has 1 N–H and O–H groups in total. The number of non-ortho nitro benzene ring substituents is 1. The Morgan fingerprint density at radius 3 is 2.58 bits per heavy atom. The molecule has 0 aliphatic carbocycles. The summed E-state index contributed by atoms with van der Waals surface area (Å²) >= 11 is 0. The standard InChI is InChI=1S/C13H16N4O2/c1-10-13(9-16(2)15-10)14-8-7-11-3-5-12(6-4-11)17(18)19/h3-6,9,14H,7-8H2,1-2H3. The van der Waals surface area contributed by atoms with Crippen LogP contribution in [0.3, 0.4) is 0 Å². The van der Waals surface area contributed by atoms with Gasteiger partial charge in [0.1, 0.15) is 0 Å². The van der Waals surface area contributed by atoms with Crippen molar-refractivity contribution < 1.29 is 4.92 Å². The van der Waals surface area contributed by atoms with Gasteiger partial charge in [-0.25, -0.2) is 0 Å². The summed E-state index contributed by atoms with van der Waals surface area (Å²) in [6.45, 7) is 2.72. The lowest BCUT2D eigenvalue weighted by Gasteiger charge is -2.04. The molecule has 0 saturated carbocycles. The summed E-state index contributed by atoms with van der Waals surface area (Å²) in [6.07, 6.45) is 2.75. The van der Waals surface area contributed by atoms with Crippen LogP contribution < -0.4 is 5.32 Å². The largest absolute Gasteiger partial charge is 0.382 e. The van der Waals surface area contributed by atoms with Gasteiger partial charge in [-0.2, -0.15) is 5.10 Å². The Kier molecular flexibility index (Phi) is 3.79. The van der Waals surface area contributed by atoms with E-state index in [0.717, 1.165) is 29.9 Å². The van der Waals surface area contributed by atoms with Gasteiger partial charge in [-0.1, -0.05) is 12.1 Å². The molecule has 6 heteroatoms. The van der Waals surface area contributed by atoms with Gasteiger partial charge in [0, 0.05) is 31.9 Å². The van der Waals surface area contributed by atoms with Crippen molar-refractivity contribution in [3.05, 3.63) is 51.8 Å². The van der Waals surface area contributed by atoms with Crippen LogP contribution in [0, 0.1) is 17.0 Å². The predicted octanol–water partition coefficient (Wildman–Crippen LogP) is 2.29. The maximum absolute atomic E-state index is 10.5. The molecule has 2 aromatic rings. The third-order valence-corrected chi connectivity index (χ3v) is 2.89. The molecule has 100 valence electrons. The van der Waals surface area contributed by atoms with Gasteiger partial charge in [0.15, 0.2) is 0 Å². The number of nitro benzene ring substituents is 1. The summed E-state index contributed by atoms with van der Waals surface area (Å²) in [6, 6.07) is 6.64. The molecule has 1 aromatic heterocycles. The topological polar surface area (TPSA) is 73.0 Å². The highest BCUT2D eigenvalue weighted by Gasteiger charge is 2.04. The summed E-state index contributed by atoms with van der Waals surface area (Å²) in [4.78, 5) is 10.1. The van der Waals surface area contributed by atoms with Crippen molar-refractivity contribution in [1.29, 1.82) is 0 Å². The van der Waals surface area contributed by atoms with E-state index < -0.39 is 0 Å². The number of hydrogen-bond donors (Lipinski definition) is 1. The van der Waals surface area contributed by atoms with Crippen LogP contribution in [-0.2, 0) is 13.5 Å². The van der Waals surface area contributed by atoms with E-state index in [9.17, 15) is 10.1 Å². The number of benzene rings is 1. The number of hydrogen-bond acceptors (Lipinski definition) is 4. The first kappa shape index (κ1) is 13.1. The van der Waals surface area contributed by atoms with E-state index in [1.807, 2.05) is 20.2 Å². The quantitative estimate of drug-likeness (QED) is 0.661. The zero-order chi connectivity index (χ0) is 13.8. The smallest absolute Gasteiger partial charge is 0.269 e. The number of nitrogens with one attached hydrogen (secondary N) is 1. The first-order valence-corrected chi connectivity index (χ1v) is 6.03. The summed E-state index contributed by atoms with van der Waals surface area (Å²) in [5.41, 5.74) is 3.18. The molecule has 0 aliphatic heterocycles. The molecule has 19 heavy (non-hydrogen) atoms. The molecular weight excluding hydrogens is 244 g/mol. The number of nitrogens with zero attached hydrogens (tertiary/aromatic N) is 3. The fraction of sp³-hybridized carbons (Fsp3) is 0.308. The Balaban J connectivity index is 1.89. The third-order valence-electron chi connectivity index (χ3n) is 2.89. The van der Waals surface area contributed by atoms with Crippen LogP contribution in [0.4, 0.5) is 11.4 Å². The van der Waals surface area contributed by atoms with E-state index in [1.165, 1.54) is 12.1 Å². The Morgan fingerprint density at radius 1 is 1.37 bits per heavy atom. The summed E-state index contributed by atoms with van der Waals surface area (Å²) in [7, 11) is 1.88. The van der Waals surface area contributed by atoms with Crippen LogP contribution in [-0.4, -0.2) is 21.2 Å². The van der Waals surface area contributed by atoms with Gasteiger partial charge in [-0.15, -0.1) is 0 Å². The minimum absolute atomic E-state index is 0.125. The lowest BCUT2D eigenvalue weighted by molar-refractivity contribution is -0.384. The normalized spacial score (nSPS) is 10.4. The molecular formula is C13H16N4O2. The average Bonchev–Trinajstić information content (AvgIpc) is 2.68. The van der Waals surface area contributed by atoms with E-state index in [1.54, 1.807) is 16.8 Å². The van der Waals surface area contributed by atoms with E-state index in [0.29, 0.717) is 0 Å². The van der Waals surface area contributed by atoms with Crippen LogP contribution in [0.15, 0.2) is 30.5 Å². The van der Waals surface area contributed by atoms with Crippen molar-refractivity contribution in [2.75, 3.05) is 11.9 Å². The predicted molar refractivity (Wildman–Crippen MR) is 73.2 cm³/mol. The van der Waals surface area contributed by atoms with Crippen LogP contribution >= 0.6 is 0 Å². The highest BCUT2D eigenvalue weighted by molar-refractivity contribution is 5.45. The number of rotatable bonds is 5. The van der Waals surface area contributed by atoms with Crippen LogP contribution in [0.2, 0.25) is 0 Å². The molecule has 0 bridgehead atoms. The second-order valence-electron chi connectivity index (χ2n) is 4.40. The minimum Gasteiger partial charge on any atom is -0.382 e. The van der Waals surface area contributed by atoms with Gasteiger partial charge in [0.2, 0.25) is 0 Å². The van der Waals surface area contributed by atoms with Crippen molar-refractivity contribution in [2.45, 2.75) is 13.3 Å². The first-order chi connectivity index (χ1) is 9.06. The summed E-state index contributed by atoms with van der Waals surface area (Å²) in [5.74, 6) is 0. The van der Waals surface area contributed by atoms with Crippen LogP contribution in [0.25, 0.3) is 0 Å². The molecule has 0 spiro atoms. The minimum atomic E-state index is -0.388. The zero-order valence-corrected chi connectivity index (χ0v) is 11.0. The van der Waals surface area contributed by atoms with E-state index in [2.05, 4.69) is 10.4 Å². The van der Waals surface area contributed by atoms with E-state index in [4.69, 9.17) is 0 Å². The molecule has 0 atom stereocenters. The van der Waals surface area contributed by atoms with Crippen LogP contribution in [0.1, 0.15) is 11.3 Å². The fourth-order valence-corrected chi connectivity index (χ4v) is 1.90. The van der Waals surface area contributed by atoms with Gasteiger partial charge in [-0.3, -0.25) is 14.8 Å². The summed E-state index contributed by atoms with van der Waals surface area (Å²) < 4.78 is 1.77. The summed E-state index contributed by atoms with van der Waals surface area (Å²) in [5, 5.41) is 18.1. The second kappa shape index (κ2) is 5.51. The average molecular weight is 260 g/mol. The van der Waals surface area contributed by atoms with Gasteiger partial charge >= 0.3 is 0 Å². The number of aromatic nitrogens is 2.